The number of nitrogens with zero attached hydrogens (tertiary/aromatic N) is 1. The van der Waals surface area contributed by atoms with Crippen LogP contribution in [0.1, 0.15) is 0 Å². The van der Waals surface area contributed by atoms with E-state index in [2.05, 4.69) is 241 Å². The highest BCUT2D eigenvalue weighted by Gasteiger charge is 2.21. The Balaban J connectivity index is 0.942. The van der Waals surface area contributed by atoms with Gasteiger partial charge in [-0.2, -0.15) is 0 Å². The van der Waals surface area contributed by atoms with Crippen LogP contribution in [0.2, 0.25) is 0 Å². The molecule has 66 heavy (non-hydrogen) atoms. The molecule has 0 fully saturated rings. The third kappa shape index (κ3) is 5.72. The van der Waals surface area contributed by atoms with Gasteiger partial charge in [-0.15, -0.1) is 11.3 Å². The molecule has 1 aromatic heterocycles. The monoisotopic (exact) mass is 853 g/mol. The van der Waals surface area contributed by atoms with Gasteiger partial charge in [0, 0.05) is 36.9 Å². The van der Waals surface area contributed by atoms with E-state index in [4.69, 9.17) is 0 Å². The van der Waals surface area contributed by atoms with Crippen LogP contribution in [0.4, 0.5) is 17.1 Å². The van der Waals surface area contributed by atoms with Crippen LogP contribution in [0, 0.1) is 0 Å². The van der Waals surface area contributed by atoms with Gasteiger partial charge in [0.05, 0.1) is 5.69 Å². The van der Waals surface area contributed by atoms with Crippen LogP contribution in [0.5, 0.6) is 0 Å². The molecule has 0 aliphatic rings. The molecule has 0 spiro atoms. The van der Waals surface area contributed by atoms with Crippen molar-refractivity contribution in [3.63, 3.8) is 0 Å². The molecule has 13 aromatic carbocycles. The molecule has 14 rings (SSSR count). The summed E-state index contributed by atoms with van der Waals surface area (Å²) in [6.45, 7) is 0. The summed E-state index contributed by atoms with van der Waals surface area (Å²) in [5.74, 6) is 0. The van der Waals surface area contributed by atoms with Gasteiger partial charge in [-0.05, 0) is 147 Å². The predicted octanol–water partition coefficient (Wildman–Crippen LogP) is 18.9. The number of rotatable bonds is 6. The number of fused-ring (bicyclic) bond motifs is 9. The molecule has 1 heterocycles. The summed E-state index contributed by atoms with van der Waals surface area (Å²) in [6.07, 6.45) is 0. The fourth-order valence-electron chi connectivity index (χ4n) is 10.9. The van der Waals surface area contributed by atoms with Crippen LogP contribution in [-0.2, 0) is 0 Å². The lowest BCUT2D eigenvalue weighted by molar-refractivity contribution is 1.30. The van der Waals surface area contributed by atoms with Gasteiger partial charge in [0.2, 0.25) is 0 Å². The summed E-state index contributed by atoms with van der Waals surface area (Å²) in [7, 11) is 0. The molecule has 1 nitrogen and oxygen atoms in total. The lowest BCUT2D eigenvalue weighted by Crippen LogP contribution is -2.10. The SMILES string of the molecule is c1ccc(-c2ccc(N(c3ccc(-c4ccccc4)cc3)c3ccc4ccc5c(-c6ccc7sc8cc9c%10ccccc%10c%10ccccc%10c9cc8c7c6)ccc6ccc3c4c65)cc2)cc1. The minimum Gasteiger partial charge on any atom is -0.310 e. The van der Waals surface area contributed by atoms with Crippen molar-refractivity contribution < 1.29 is 0 Å². The summed E-state index contributed by atoms with van der Waals surface area (Å²) in [5.41, 5.74) is 10.7. The van der Waals surface area contributed by atoms with E-state index in [1.54, 1.807) is 0 Å². The average Bonchev–Trinajstić information content (AvgIpc) is 3.75. The van der Waals surface area contributed by atoms with Gasteiger partial charge in [-0.3, -0.25) is 0 Å². The molecule has 0 unspecified atom stereocenters. The molecule has 0 saturated heterocycles. The standard InChI is InChI=1S/C64H39NS/c1-3-11-40(12-4-1)42-19-28-47(29-20-42)65(48-30-21-43(22-31-48)41-13-5-2-6-14-41)60-35-26-45-24-33-54-49(32-23-44-25-34-55(60)64(45)63(44)54)46-27-36-61-58(37-46)59-38-56-52-17-9-7-15-50(52)51-16-8-10-18-53(51)57(56)39-62(59)66-61/h1-39H. The average molecular weight is 854 g/mol. The molecule has 14 aromatic rings. The molecule has 0 N–H and O–H groups in total. The Labute approximate surface area is 386 Å². The van der Waals surface area contributed by atoms with Crippen LogP contribution in [0.15, 0.2) is 237 Å². The Morgan fingerprint density at radius 1 is 0.258 bits per heavy atom. The third-order valence-electron chi connectivity index (χ3n) is 14.0. The first kappa shape index (κ1) is 37.1. The van der Waals surface area contributed by atoms with Crippen molar-refractivity contribution >= 4 is 113 Å². The van der Waals surface area contributed by atoms with E-state index in [1.807, 2.05) is 11.3 Å². The van der Waals surface area contributed by atoms with Gasteiger partial charge < -0.3 is 4.90 Å². The van der Waals surface area contributed by atoms with Gasteiger partial charge in [-0.25, -0.2) is 0 Å². The molecule has 0 aliphatic heterocycles. The van der Waals surface area contributed by atoms with Crippen LogP contribution >= 0.6 is 11.3 Å². The predicted molar refractivity (Wildman–Crippen MR) is 287 cm³/mol. The smallest absolute Gasteiger partial charge is 0.0540 e. The molecule has 0 aliphatic carbocycles. The topological polar surface area (TPSA) is 3.24 Å². The molecular formula is C64H39NS. The fourth-order valence-corrected chi connectivity index (χ4v) is 12.0. The van der Waals surface area contributed by atoms with E-state index in [-0.39, 0.29) is 0 Å². The number of thiophene rings is 1. The number of hydrogen-bond acceptors (Lipinski definition) is 2. The molecular weight excluding hydrogens is 815 g/mol. The van der Waals surface area contributed by atoms with Crippen molar-refractivity contribution in [3.05, 3.63) is 237 Å². The minimum absolute atomic E-state index is 1.11. The number of anilines is 3. The highest BCUT2D eigenvalue weighted by atomic mass is 32.1. The molecule has 0 atom stereocenters. The summed E-state index contributed by atoms with van der Waals surface area (Å²) in [4.78, 5) is 2.43. The van der Waals surface area contributed by atoms with Crippen molar-refractivity contribution in [2.75, 3.05) is 4.90 Å². The molecule has 0 radical (unpaired) electrons. The zero-order valence-electron chi connectivity index (χ0n) is 35.9. The van der Waals surface area contributed by atoms with Crippen molar-refractivity contribution in [3.8, 4) is 33.4 Å². The van der Waals surface area contributed by atoms with E-state index >= 15 is 0 Å². The highest BCUT2D eigenvalue weighted by molar-refractivity contribution is 7.25. The van der Waals surface area contributed by atoms with E-state index in [0.717, 1.165) is 17.1 Å². The van der Waals surface area contributed by atoms with Crippen LogP contribution < -0.4 is 4.90 Å². The van der Waals surface area contributed by atoms with Crippen molar-refractivity contribution in [2.24, 2.45) is 0 Å². The quantitative estimate of drug-likeness (QED) is 0.151. The first-order valence-corrected chi connectivity index (χ1v) is 23.5. The molecule has 2 heteroatoms. The van der Waals surface area contributed by atoms with Crippen LogP contribution in [0.3, 0.4) is 0 Å². The zero-order valence-corrected chi connectivity index (χ0v) is 36.7. The highest BCUT2D eigenvalue weighted by Crippen LogP contribution is 2.48. The van der Waals surface area contributed by atoms with Crippen molar-refractivity contribution in [1.29, 1.82) is 0 Å². The maximum absolute atomic E-state index is 2.46. The minimum atomic E-state index is 1.11. The van der Waals surface area contributed by atoms with Crippen molar-refractivity contribution in [2.45, 2.75) is 0 Å². The van der Waals surface area contributed by atoms with Gasteiger partial charge in [0.1, 0.15) is 0 Å². The Morgan fingerprint density at radius 3 is 1.32 bits per heavy atom. The Kier molecular flexibility index (Phi) is 8.22. The maximum Gasteiger partial charge on any atom is 0.0540 e. The van der Waals surface area contributed by atoms with Gasteiger partial charge in [0.25, 0.3) is 0 Å². The Morgan fingerprint density at radius 2 is 0.712 bits per heavy atom. The lowest BCUT2D eigenvalue weighted by Gasteiger charge is -2.28. The summed E-state index contributed by atoms with van der Waals surface area (Å²) in [5, 5.41) is 18.1. The van der Waals surface area contributed by atoms with E-state index in [1.165, 1.54) is 118 Å². The first-order chi connectivity index (χ1) is 32.7. The van der Waals surface area contributed by atoms with Crippen LogP contribution in [-0.4, -0.2) is 0 Å². The van der Waals surface area contributed by atoms with E-state index in [0.29, 0.717) is 0 Å². The van der Waals surface area contributed by atoms with Gasteiger partial charge in [0.15, 0.2) is 0 Å². The number of benzene rings is 13. The molecule has 306 valence electrons. The fraction of sp³-hybridized carbons (Fsp3) is 0. The Hall–Kier alpha value is -8.30. The second-order valence-corrected chi connectivity index (χ2v) is 18.7. The molecule has 0 saturated carbocycles. The summed E-state index contributed by atoms with van der Waals surface area (Å²) >= 11 is 1.90. The summed E-state index contributed by atoms with van der Waals surface area (Å²) in [6, 6.07) is 87.7. The molecule has 0 amide bonds. The van der Waals surface area contributed by atoms with E-state index < -0.39 is 0 Å². The number of hydrogen-bond donors (Lipinski definition) is 0. The van der Waals surface area contributed by atoms with Crippen molar-refractivity contribution in [1.82, 2.24) is 0 Å². The normalized spacial score (nSPS) is 11.9. The first-order valence-electron chi connectivity index (χ1n) is 22.7. The largest absolute Gasteiger partial charge is 0.310 e. The maximum atomic E-state index is 2.46. The van der Waals surface area contributed by atoms with Gasteiger partial charge >= 0.3 is 0 Å². The third-order valence-corrected chi connectivity index (χ3v) is 15.1. The second-order valence-electron chi connectivity index (χ2n) is 17.6. The summed E-state index contributed by atoms with van der Waals surface area (Å²) < 4.78 is 2.64. The lowest BCUT2D eigenvalue weighted by atomic mass is 9.88. The second kappa shape index (κ2) is 14.6. The molecule has 0 bridgehead atoms. The van der Waals surface area contributed by atoms with Gasteiger partial charge in [-0.1, -0.05) is 182 Å². The zero-order chi connectivity index (χ0) is 43.3. The van der Waals surface area contributed by atoms with Crippen LogP contribution in [0.25, 0.3) is 118 Å². The van der Waals surface area contributed by atoms with E-state index in [9.17, 15) is 0 Å². The Bertz CT molecular complexity index is 4110.